The fourth-order valence-electron chi connectivity index (χ4n) is 1.60. The van der Waals surface area contributed by atoms with E-state index in [2.05, 4.69) is 29.9 Å². The number of aromatic amines is 1. The number of sulfonamides is 1. The zero-order chi connectivity index (χ0) is 13.9. The molecule has 0 amide bonds. The summed E-state index contributed by atoms with van der Waals surface area (Å²) >= 11 is 0. The van der Waals surface area contributed by atoms with Crippen LogP contribution in [0.4, 0.5) is 0 Å². The zero-order valence-electron chi connectivity index (χ0n) is 10.6. The molecule has 2 heterocycles. The van der Waals surface area contributed by atoms with Gasteiger partial charge in [0.05, 0.1) is 12.2 Å². The van der Waals surface area contributed by atoms with Crippen molar-refractivity contribution in [2.75, 3.05) is 7.05 Å². The second-order valence-electron chi connectivity index (χ2n) is 3.98. The van der Waals surface area contributed by atoms with Crippen LogP contribution in [0.3, 0.4) is 0 Å². The number of aromatic nitrogens is 3. The average Bonchev–Trinajstić information content (AvgIpc) is 2.99. The molecule has 0 aromatic carbocycles. The molecule has 0 saturated carbocycles. The molecule has 0 fully saturated rings. The largest absolute Gasteiger partial charge is 0.364 e. The van der Waals surface area contributed by atoms with Crippen molar-refractivity contribution < 1.29 is 12.9 Å². The molecular weight excluding hydrogens is 270 g/mol. The second kappa shape index (κ2) is 5.51. The highest BCUT2D eigenvalue weighted by atomic mass is 32.2. The number of hydrogen-bond acceptors (Lipinski definition) is 6. The summed E-state index contributed by atoms with van der Waals surface area (Å²) in [6.07, 6.45) is 1.38. The van der Waals surface area contributed by atoms with Gasteiger partial charge in [0.25, 0.3) is 10.0 Å². The molecule has 0 spiro atoms. The number of rotatable bonds is 6. The summed E-state index contributed by atoms with van der Waals surface area (Å²) in [6.45, 7) is 2.25. The van der Waals surface area contributed by atoms with Crippen molar-refractivity contribution in [3.8, 4) is 0 Å². The molecule has 0 aliphatic carbocycles. The monoisotopic (exact) mass is 285 g/mol. The molecule has 2 rings (SSSR count). The smallest absolute Gasteiger partial charge is 0.260 e. The van der Waals surface area contributed by atoms with Gasteiger partial charge in [0, 0.05) is 23.9 Å². The van der Waals surface area contributed by atoms with Crippen LogP contribution in [0.25, 0.3) is 0 Å². The molecule has 0 unspecified atom stereocenters. The first-order valence-electron chi connectivity index (χ1n) is 5.62. The lowest BCUT2D eigenvalue weighted by molar-refractivity contribution is 0.411. The van der Waals surface area contributed by atoms with Gasteiger partial charge in [-0.3, -0.25) is 5.10 Å². The van der Waals surface area contributed by atoms with Crippen LogP contribution < -0.4 is 10.0 Å². The molecule has 0 bridgehead atoms. The van der Waals surface area contributed by atoms with Gasteiger partial charge in [0.2, 0.25) is 0 Å². The lowest BCUT2D eigenvalue weighted by Gasteiger charge is -2.05. The third kappa shape index (κ3) is 3.00. The first-order chi connectivity index (χ1) is 9.04. The van der Waals surface area contributed by atoms with Crippen molar-refractivity contribution in [1.82, 2.24) is 25.4 Å². The lowest BCUT2D eigenvalue weighted by Crippen LogP contribution is -2.25. The summed E-state index contributed by atoms with van der Waals surface area (Å²) in [6, 6.07) is 1.59. The normalized spacial score (nSPS) is 11.9. The number of hydrogen-bond donors (Lipinski definition) is 3. The number of nitrogens with one attached hydrogen (secondary N) is 3. The minimum absolute atomic E-state index is 0.00263. The van der Waals surface area contributed by atoms with E-state index >= 15 is 0 Å². The SMILES string of the molecule is CNCc1c(S(=O)(=O)NCc2ccon2)n[nH]c1C. The Morgan fingerprint density at radius 3 is 2.84 bits per heavy atom. The van der Waals surface area contributed by atoms with Gasteiger partial charge in [-0.2, -0.15) is 5.10 Å². The van der Waals surface area contributed by atoms with Gasteiger partial charge in [0.15, 0.2) is 5.03 Å². The summed E-state index contributed by atoms with van der Waals surface area (Å²) in [7, 11) is -1.94. The van der Waals surface area contributed by atoms with Gasteiger partial charge in [0.1, 0.15) is 6.26 Å². The molecular formula is C10H15N5O3S. The van der Waals surface area contributed by atoms with Crippen LogP contribution in [0.5, 0.6) is 0 Å². The van der Waals surface area contributed by atoms with Crippen molar-refractivity contribution in [2.24, 2.45) is 0 Å². The number of H-pyrrole nitrogens is 1. The average molecular weight is 285 g/mol. The Bertz CT molecular complexity index is 632. The Balaban J connectivity index is 2.19. The maximum Gasteiger partial charge on any atom is 0.260 e. The predicted molar refractivity (Wildman–Crippen MR) is 66.6 cm³/mol. The van der Waals surface area contributed by atoms with Crippen molar-refractivity contribution >= 4 is 10.0 Å². The van der Waals surface area contributed by atoms with Crippen LogP contribution >= 0.6 is 0 Å². The van der Waals surface area contributed by atoms with E-state index in [1.54, 1.807) is 20.0 Å². The molecule has 0 saturated heterocycles. The van der Waals surface area contributed by atoms with Crippen molar-refractivity contribution in [2.45, 2.75) is 25.0 Å². The maximum absolute atomic E-state index is 12.2. The van der Waals surface area contributed by atoms with Crippen LogP contribution in [0, 0.1) is 6.92 Å². The van der Waals surface area contributed by atoms with Crippen molar-refractivity contribution in [3.05, 3.63) is 29.3 Å². The molecule has 9 heteroatoms. The quantitative estimate of drug-likeness (QED) is 0.683. The fraction of sp³-hybridized carbons (Fsp3) is 0.400. The molecule has 0 aliphatic heterocycles. The van der Waals surface area contributed by atoms with E-state index in [1.165, 1.54) is 6.26 Å². The predicted octanol–water partition coefficient (Wildman–Crippen LogP) is -0.0960. The topological polar surface area (TPSA) is 113 Å². The molecule has 2 aromatic heterocycles. The van der Waals surface area contributed by atoms with Crippen LogP contribution in [-0.4, -0.2) is 30.8 Å². The van der Waals surface area contributed by atoms with E-state index in [0.29, 0.717) is 17.8 Å². The minimum Gasteiger partial charge on any atom is -0.364 e. The Kier molecular flexibility index (Phi) is 3.98. The first-order valence-corrected chi connectivity index (χ1v) is 7.10. The van der Waals surface area contributed by atoms with Gasteiger partial charge in [-0.05, 0) is 14.0 Å². The third-order valence-corrected chi connectivity index (χ3v) is 3.95. The Morgan fingerprint density at radius 1 is 1.42 bits per heavy atom. The Hall–Kier alpha value is -1.71. The van der Waals surface area contributed by atoms with Crippen molar-refractivity contribution in [1.29, 1.82) is 0 Å². The third-order valence-electron chi connectivity index (χ3n) is 2.58. The van der Waals surface area contributed by atoms with Crippen LogP contribution in [-0.2, 0) is 23.1 Å². The Morgan fingerprint density at radius 2 is 2.21 bits per heavy atom. The van der Waals surface area contributed by atoms with E-state index in [1.807, 2.05) is 0 Å². The summed E-state index contributed by atoms with van der Waals surface area (Å²) < 4.78 is 31.4. The number of aryl methyl sites for hydroxylation is 1. The summed E-state index contributed by atoms with van der Waals surface area (Å²) in [5.41, 5.74) is 1.84. The molecule has 0 radical (unpaired) electrons. The molecule has 8 nitrogen and oxygen atoms in total. The first kappa shape index (κ1) is 13.7. The molecule has 3 N–H and O–H groups in total. The van der Waals surface area contributed by atoms with Crippen LogP contribution in [0.2, 0.25) is 0 Å². The van der Waals surface area contributed by atoms with Gasteiger partial charge >= 0.3 is 0 Å². The lowest BCUT2D eigenvalue weighted by atomic mass is 10.3. The molecule has 2 aromatic rings. The standard InChI is InChI=1S/C10H15N5O3S/c1-7-9(6-11-2)10(14-13-7)19(16,17)12-5-8-3-4-18-15-8/h3-4,11-12H,5-6H2,1-2H3,(H,13,14). The minimum atomic E-state index is -3.68. The van der Waals surface area contributed by atoms with E-state index in [0.717, 1.165) is 5.69 Å². The summed E-state index contributed by atoms with van der Waals surface area (Å²) in [5, 5.41) is 13.1. The van der Waals surface area contributed by atoms with E-state index in [-0.39, 0.29) is 11.6 Å². The highest BCUT2D eigenvalue weighted by Gasteiger charge is 2.23. The Labute approximate surface area is 110 Å². The second-order valence-corrected chi connectivity index (χ2v) is 5.66. The van der Waals surface area contributed by atoms with E-state index in [4.69, 9.17) is 0 Å². The van der Waals surface area contributed by atoms with E-state index < -0.39 is 10.0 Å². The van der Waals surface area contributed by atoms with Crippen LogP contribution in [0.15, 0.2) is 21.9 Å². The van der Waals surface area contributed by atoms with Crippen LogP contribution in [0.1, 0.15) is 17.0 Å². The summed E-state index contributed by atoms with van der Waals surface area (Å²) in [5.74, 6) is 0. The highest BCUT2D eigenvalue weighted by molar-refractivity contribution is 7.89. The molecule has 0 aliphatic rings. The fourth-order valence-corrected chi connectivity index (χ4v) is 2.79. The van der Waals surface area contributed by atoms with Gasteiger partial charge in [-0.25, -0.2) is 13.1 Å². The molecule has 104 valence electrons. The van der Waals surface area contributed by atoms with Gasteiger partial charge in [-0.15, -0.1) is 0 Å². The van der Waals surface area contributed by atoms with Crippen molar-refractivity contribution in [3.63, 3.8) is 0 Å². The van der Waals surface area contributed by atoms with E-state index in [9.17, 15) is 8.42 Å². The summed E-state index contributed by atoms with van der Waals surface area (Å²) in [4.78, 5) is 0. The number of nitrogens with zero attached hydrogens (tertiary/aromatic N) is 2. The maximum atomic E-state index is 12.2. The zero-order valence-corrected chi connectivity index (χ0v) is 11.4. The molecule has 19 heavy (non-hydrogen) atoms. The highest BCUT2D eigenvalue weighted by Crippen LogP contribution is 2.16. The van der Waals surface area contributed by atoms with Gasteiger partial charge < -0.3 is 9.84 Å². The van der Waals surface area contributed by atoms with Gasteiger partial charge in [-0.1, -0.05) is 5.16 Å². The molecule has 0 atom stereocenters.